The Morgan fingerprint density at radius 3 is 2.32 bits per heavy atom. The Morgan fingerprint density at radius 1 is 1.10 bits per heavy atom. The molecule has 0 unspecified atom stereocenters. The van der Waals surface area contributed by atoms with Gasteiger partial charge >= 0.3 is 5.97 Å². The third-order valence-corrected chi connectivity index (χ3v) is 12.5. The maximum absolute atomic E-state index is 12.2. The predicted molar refractivity (Wildman–Crippen MR) is 157 cm³/mol. The van der Waals surface area contributed by atoms with Crippen molar-refractivity contribution in [3.63, 3.8) is 0 Å². The zero-order valence-electron chi connectivity index (χ0n) is 26.3. The largest absolute Gasteiger partial charge is 0.504 e. The fourth-order valence-electron chi connectivity index (χ4n) is 9.58. The molecule has 3 N–H and O–H groups in total. The number of hydrogen-bond donors (Lipinski definition) is 3. The smallest absolute Gasteiger partial charge is 0.308 e. The van der Waals surface area contributed by atoms with Gasteiger partial charge in [-0.25, -0.2) is 0 Å². The summed E-state index contributed by atoms with van der Waals surface area (Å²) in [6.45, 7) is 15.8. The second-order valence-electron chi connectivity index (χ2n) is 16.4. The summed E-state index contributed by atoms with van der Waals surface area (Å²) in [5, 5.41) is 31.4. The molecule has 0 radical (unpaired) electrons. The summed E-state index contributed by atoms with van der Waals surface area (Å²) in [6, 6.07) is 4.46. The standard InChI is InChI=1S/C29H41NO4.C5H10O2/c1-25(2,3)26(4,32)20-15-27-10-11-29(20,33-5)24-28(27)12-13-30(16-17-6-7-17)21(27)14-18-8-9-19(31)23(34-24)22(18)28;1-5(2,3)4(6)7/h8-9,17,20-21,24,31-32H,6-7,10-16H2,1-5H3;1-3H3,(H,6,7)/t20-,21-,24-,26+,27-,28+,29+;/m1./s1. The van der Waals surface area contributed by atoms with Crippen LogP contribution in [0.25, 0.3) is 0 Å². The van der Waals surface area contributed by atoms with Crippen LogP contribution in [-0.4, -0.2) is 69.7 Å². The van der Waals surface area contributed by atoms with Crippen molar-refractivity contribution < 1.29 is 29.6 Å². The van der Waals surface area contributed by atoms with Crippen LogP contribution in [0.4, 0.5) is 0 Å². The number of carboxylic acid groups (broad SMARTS) is 1. The van der Waals surface area contributed by atoms with Crippen LogP contribution in [0.5, 0.6) is 11.5 Å². The molecule has 41 heavy (non-hydrogen) atoms. The first kappa shape index (κ1) is 29.3. The number of phenols is 1. The summed E-state index contributed by atoms with van der Waals surface area (Å²) in [7, 11) is 1.83. The number of piperidine rings is 1. The number of aliphatic carboxylic acids is 1. The van der Waals surface area contributed by atoms with Crippen molar-refractivity contribution in [2.75, 3.05) is 20.2 Å². The van der Waals surface area contributed by atoms with Crippen LogP contribution in [0, 0.1) is 28.1 Å². The molecular weight excluding hydrogens is 518 g/mol. The van der Waals surface area contributed by atoms with E-state index >= 15 is 0 Å². The van der Waals surface area contributed by atoms with Crippen LogP contribution in [0.3, 0.4) is 0 Å². The number of nitrogens with zero attached hydrogens (tertiary/aromatic N) is 1. The summed E-state index contributed by atoms with van der Waals surface area (Å²) in [5.41, 5.74) is 0.199. The molecule has 4 saturated carbocycles. The van der Waals surface area contributed by atoms with Crippen molar-refractivity contribution >= 4 is 5.97 Å². The van der Waals surface area contributed by atoms with Gasteiger partial charge in [0.05, 0.1) is 11.0 Å². The van der Waals surface area contributed by atoms with E-state index in [1.165, 1.54) is 30.5 Å². The van der Waals surface area contributed by atoms with Gasteiger partial charge in [-0.15, -0.1) is 0 Å². The highest BCUT2D eigenvalue weighted by atomic mass is 16.6. The summed E-state index contributed by atoms with van der Waals surface area (Å²) in [4.78, 5) is 12.8. The van der Waals surface area contributed by atoms with Gasteiger partial charge in [0.15, 0.2) is 11.5 Å². The van der Waals surface area contributed by atoms with Gasteiger partial charge in [-0.1, -0.05) is 26.8 Å². The Bertz CT molecular complexity index is 1240. The average molecular weight is 570 g/mol. The van der Waals surface area contributed by atoms with Crippen molar-refractivity contribution in [1.29, 1.82) is 0 Å². The number of ether oxygens (including phenoxy) is 2. The number of phenolic OH excluding ortho intramolecular Hbond substituents is 1. The number of rotatable bonds is 4. The molecule has 1 aromatic carbocycles. The molecule has 228 valence electrons. The monoisotopic (exact) mass is 569 g/mol. The molecule has 8 rings (SSSR count). The Labute approximate surface area is 245 Å². The second-order valence-corrected chi connectivity index (χ2v) is 16.4. The van der Waals surface area contributed by atoms with Crippen LogP contribution in [0.15, 0.2) is 12.1 Å². The topological polar surface area (TPSA) is 99.5 Å². The molecule has 4 bridgehead atoms. The van der Waals surface area contributed by atoms with E-state index in [9.17, 15) is 15.0 Å². The average Bonchev–Trinajstić information content (AvgIpc) is 3.62. The molecular formula is C34H51NO6. The van der Waals surface area contributed by atoms with Gasteiger partial charge < -0.3 is 24.8 Å². The van der Waals surface area contributed by atoms with Gasteiger partial charge in [0, 0.05) is 42.0 Å². The Kier molecular flexibility index (Phi) is 6.32. The predicted octanol–water partition coefficient (Wildman–Crippen LogP) is 5.53. The van der Waals surface area contributed by atoms with Crippen molar-refractivity contribution in [2.45, 2.75) is 122 Å². The molecule has 1 saturated heterocycles. The number of hydrogen-bond acceptors (Lipinski definition) is 6. The molecule has 5 fully saturated rings. The summed E-state index contributed by atoms with van der Waals surface area (Å²) < 4.78 is 13.5. The Balaban J connectivity index is 0.000000387. The molecule has 7 aliphatic rings. The lowest BCUT2D eigenvalue weighted by molar-refractivity contribution is -0.312. The van der Waals surface area contributed by atoms with E-state index in [-0.39, 0.29) is 34.0 Å². The van der Waals surface area contributed by atoms with E-state index in [0.717, 1.165) is 44.6 Å². The minimum absolute atomic E-state index is 0.0294. The van der Waals surface area contributed by atoms with Crippen molar-refractivity contribution in [2.24, 2.45) is 28.1 Å². The summed E-state index contributed by atoms with van der Waals surface area (Å²) in [5.74, 6) is 1.05. The number of carbonyl (C=O) groups is 1. The first-order valence-corrected chi connectivity index (χ1v) is 15.7. The fourth-order valence-corrected chi connectivity index (χ4v) is 9.58. The normalized spacial score (nSPS) is 38.3. The van der Waals surface area contributed by atoms with E-state index in [2.05, 4.69) is 31.7 Å². The van der Waals surface area contributed by atoms with E-state index in [1.807, 2.05) is 20.1 Å². The van der Waals surface area contributed by atoms with Gasteiger partial charge in [-0.2, -0.15) is 0 Å². The lowest BCUT2D eigenvalue weighted by atomic mass is 9.33. The van der Waals surface area contributed by atoms with Gasteiger partial charge in [0.1, 0.15) is 11.7 Å². The lowest BCUT2D eigenvalue weighted by Gasteiger charge is -2.75. The first-order chi connectivity index (χ1) is 19.0. The summed E-state index contributed by atoms with van der Waals surface area (Å²) in [6.07, 6.45) is 7.64. The van der Waals surface area contributed by atoms with Gasteiger partial charge in [-0.3, -0.25) is 9.69 Å². The highest BCUT2D eigenvalue weighted by molar-refractivity contribution is 5.72. The Hall–Kier alpha value is -1.83. The number of methoxy groups -OCH3 is 1. The van der Waals surface area contributed by atoms with Crippen LogP contribution in [0.1, 0.15) is 98.1 Å². The fraction of sp³-hybridized carbons (Fsp3) is 0.794. The molecule has 2 aliphatic heterocycles. The van der Waals surface area contributed by atoms with Crippen LogP contribution >= 0.6 is 0 Å². The zero-order valence-corrected chi connectivity index (χ0v) is 26.3. The number of likely N-dealkylation sites (tertiary alicyclic amines) is 1. The SMILES string of the molecule is CC(C)(C)C(=O)O.CO[C@@]12CC[C@@]3(C[C@@H]1[C@](C)(O)C(C)(C)C)[C@H]1Cc4ccc(O)c5c4[C@@]3(CCN1CC1CC1)[C@H]2O5. The quantitative estimate of drug-likeness (QED) is 0.438. The molecule has 2 spiro atoms. The van der Waals surface area contributed by atoms with Gasteiger partial charge in [-0.05, 0) is 102 Å². The maximum Gasteiger partial charge on any atom is 0.308 e. The van der Waals surface area contributed by atoms with Crippen molar-refractivity contribution in [3.8, 4) is 11.5 Å². The molecule has 0 aromatic heterocycles. The first-order valence-electron chi connectivity index (χ1n) is 15.7. The lowest BCUT2D eigenvalue weighted by Crippen LogP contribution is -2.83. The molecule has 7 nitrogen and oxygen atoms in total. The third kappa shape index (κ3) is 3.76. The number of benzene rings is 1. The molecule has 1 aromatic rings. The van der Waals surface area contributed by atoms with Crippen LogP contribution in [-0.2, 0) is 21.4 Å². The minimum Gasteiger partial charge on any atom is -0.504 e. The molecule has 7 heteroatoms. The molecule has 5 aliphatic carbocycles. The third-order valence-electron chi connectivity index (χ3n) is 12.5. The number of aromatic hydroxyl groups is 1. The maximum atomic E-state index is 12.2. The summed E-state index contributed by atoms with van der Waals surface area (Å²) >= 11 is 0. The zero-order chi connectivity index (χ0) is 30.0. The molecule has 0 amide bonds. The van der Waals surface area contributed by atoms with E-state index < -0.39 is 22.6 Å². The number of carboxylic acids is 1. The molecule has 7 atom stereocenters. The van der Waals surface area contributed by atoms with E-state index in [4.69, 9.17) is 14.6 Å². The number of fused-ring (bicyclic) bond motifs is 2. The molecule has 2 heterocycles. The van der Waals surface area contributed by atoms with Crippen LogP contribution < -0.4 is 4.74 Å². The highest BCUT2D eigenvalue weighted by Gasteiger charge is 2.82. The second kappa shape index (κ2) is 8.86. The minimum atomic E-state index is -0.909. The highest BCUT2D eigenvalue weighted by Crippen LogP contribution is 2.78. The van der Waals surface area contributed by atoms with E-state index in [0.29, 0.717) is 11.8 Å². The number of aliphatic hydroxyl groups is 1. The van der Waals surface area contributed by atoms with Crippen molar-refractivity contribution in [3.05, 3.63) is 23.3 Å². The van der Waals surface area contributed by atoms with E-state index in [1.54, 1.807) is 20.8 Å². The van der Waals surface area contributed by atoms with Crippen LogP contribution in [0.2, 0.25) is 0 Å². The van der Waals surface area contributed by atoms with Gasteiger partial charge in [0.2, 0.25) is 0 Å². The van der Waals surface area contributed by atoms with Crippen molar-refractivity contribution in [1.82, 2.24) is 4.90 Å². The Morgan fingerprint density at radius 2 is 1.76 bits per heavy atom. The van der Waals surface area contributed by atoms with Gasteiger partial charge in [0.25, 0.3) is 0 Å².